The second-order valence-corrected chi connectivity index (χ2v) is 35.8. The summed E-state index contributed by atoms with van der Waals surface area (Å²) in [5.74, 6) is 4.14. The minimum Gasteiger partial charge on any atom is -0.691 e. The number of nitrogens with zero attached hydrogens (tertiary/aromatic N) is 6. The Kier molecular flexibility index (Phi) is 30.8. The molecule has 0 spiro atoms. The molecule has 48 heteroatoms. The maximum atomic E-state index is 13.9. The number of likely N-dealkylation sites (N-methyl/N-ethyl adjacent to an activating group) is 1. The number of carbonyl (C=O) groups is 3. The molecule has 40 nitrogen and oxygen atoms in total. The van der Waals surface area contributed by atoms with Crippen LogP contribution in [0.15, 0.2) is 110 Å². The number of hydrogen-bond donors (Lipinski definition) is 13. The Hall–Kier alpha value is -6.34. The van der Waals surface area contributed by atoms with Crippen LogP contribution in [0.1, 0.15) is 109 Å². The van der Waals surface area contributed by atoms with Gasteiger partial charge in [0, 0.05) is 95.5 Å². The number of aromatic nitrogens is 4. The fraction of sp³-hybridized carbons (Fsp3) is 0.475. The summed E-state index contributed by atoms with van der Waals surface area (Å²) in [7, 11) is -24.1. The first-order valence-corrected chi connectivity index (χ1v) is 43.6. The van der Waals surface area contributed by atoms with Crippen molar-refractivity contribution in [2.24, 2.45) is 0 Å². The first-order chi connectivity index (χ1) is 51.1. The number of rotatable bonds is 37. The fourth-order valence-corrected chi connectivity index (χ4v) is 18.4. The van der Waals surface area contributed by atoms with E-state index >= 15 is 0 Å². The van der Waals surface area contributed by atoms with Crippen LogP contribution in [-0.4, -0.2) is 181 Å². The minimum absolute atomic E-state index is 0.00731. The maximum Gasteiger partial charge on any atom is 0.490 e. The number of aliphatic hydroxyl groups is 2. The number of fused-ring (bicyclic) bond motifs is 2. The van der Waals surface area contributed by atoms with E-state index in [1.807, 2.05) is 69.4 Å². The normalized spacial score (nSPS) is 21.4. The molecule has 2 aromatic heterocycles. The summed E-state index contributed by atoms with van der Waals surface area (Å²) < 4.78 is 122. The Labute approximate surface area is 634 Å². The summed E-state index contributed by atoms with van der Waals surface area (Å²) in [6, 6.07) is 10.2. The van der Waals surface area contributed by atoms with Crippen LogP contribution in [0.4, 0.5) is 27.8 Å². The van der Waals surface area contributed by atoms with Crippen LogP contribution in [0.5, 0.6) is 0 Å². The molecule has 0 bridgehead atoms. The number of aliphatic hydroxyl groups excluding tert-OH is 2. The number of anilines is 3. The van der Waals surface area contributed by atoms with Crippen LogP contribution in [-0.2, 0) is 90.0 Å². The fourth-order valence-electron chi connectivity index (χ4n) is 11.9. The van der Waals surface area contributed by atoms with Crippen molar-refractivity contribution in [1.29, 1.82) is 0 Å². The van der Waals surface area contributed by atoms with Gasteiger partial charge in [-0.25, -0.2) is 32.6 Å². The van der Waals surface area contributed by atoms with Crippen molar-refractivity contribution in [1.82, 2.24) is 29.7 Å². The highest BCUT2D eigenvalue weighted by molar-refractivity contribution is 8.76. The molecule has 9 atom stereocenters. The quantitative estimate of drug-likeness (QED) is 0.00289. The number of phosphoric ester groups is 2. The van der Waals surface area contributed by atoms with Crippen LogP contribution < -0.4 is 43.2 Å². The smallest absolute Gasteiger partial charge is 0.490 e. The van der Waals surface area contributed by atoms with E-state index in [9.17, 15) is 80.5 Å². The molecule has 0 aliphatic carbocycles. The molecule has 4 aliphatic rings. The van der Waals surface area contributed by atoms with E-state index in [1.54, 1.807) is 6.07 Å². The molecular weight excluding hydrogens is 1600 g/mol. The summed E-state index contributed by atoms with van der Waals surface area (Å²) in [6.07, 6.45) is 4.30. The Morgan fingerprint density at radius 3 is 2.18 bits per heavy atom. The lowest BCUT2D eigenvalue weighted by atomic mass is 9.81. The highest BCUT2D eigenvalue weighted by Crippen LogP contribution is 2.66. The van der Waals surface area contributed by atoms with Crippen LogP contribution in [0.25, 0.3) is 0 Å². The van der Waals surface area contributed by atoms with Gasteiger partial charge in [-0.2, -0.15) is 35.9 Å². The second-order valence-electron chi connectivity index (χ2n) is 25.3. The molecule has 4 aromatic rings. The van der Waals surface area contributed by atoms with Gasteiger partial charge in [-0.15, -0.1) is 0 Å². The van der Waals surface area contributed by atoms with E-state index in [0.29, 0.717) is 48.6 Å². The zero-order valence-corrected chi connectivity index (χ0v) is 65.4. The van der Waals surface area contributed by atoms with E-state index in [1.165, 1.54) is 46.0 Å². The molecule has 6 heterocycles. The summed E-state index contributed by atoms with van der Waals surface area (Å²) >= 11 is 0.813. The molecule has 598 valence electrons. The van der Waals surface area contributed by atoms with E-state index in [-0.39, 0.29) is 66.7 Å². The number of unbranched alkanes of at least 4 members (excludes halogenated alkanes) is 2. The third kappa shape index (κ3) is 24.8. The largest absolute Gasteiger partial charge is 0.691 e. The topological polar surface area (TPSA) is 580 Å². The van der Waals surface area contributed by atoms with Crippen LogP contribution >= 0.6 is 64.9 Å². The number of ether oxygens (including phenoxy) is 3. The van der Waals surface area contributed by atoms with Crippen LogP contribution in [0, 0.1) is 11.8 Å². The Balaban J connectivity index is 0.868. The summed E-state index contributed by atoms with van der Waals surface area (Å²) in [4.78, 5) is 131. The van der Waals surface area contributed by atoms with Crippen molar-refractivity contribution in [2.75, 3.05) is 66.9 Å². The lowest BCUT2D eigenvalue weighted by molar-refractivity contribution is -0.777. The number of allylic oxidation sites excluding steroid dienone is 6. The monoisotopic (exact) mass is 1680 g/mol. The average Bonchev–Trinajstić information content (AvgIpc) is 1.59. The van der Waals surface area contributed by atoms with Crippen molar-refractivity contribution in [3.63, 3.8) is 0 Å². The van der Waals surface area contributed by atoms with Gasteiger partial charge < -0.3 is 80.3 Å². The first-order valence-electron chi connectivity index (χ1n) is 32.9. The summed E-state index contributed by atoms with van der Waals surface area (Å²) in [6.45, 7) is 9.09. The molecule has 0 radical (unpaired) electrons. The maximum absolute atomic E-state index is 13.9. The van der Waals surface area contributed by atoms with Crippen molar-refractivity contribution in [3.05, 3.63) is 129 Å². The molecule has 3 unspecified atom stereocenters. The third-order valence-corrected chi connectivity index (χ3v) is 25.2. The highest BCUT2D eigenvalue weighted by atomic mass is 33.1. The van der Waals surface area contributed by atoms with Gasteiger partial charge in [0.1, 0.15) is 48.9 Å². The molecule has 2 fully saturated rings. The van der Waals surface area contributed by atoms with Crippen LogP contribution in [0.2, 0.25) is 0 Å². The molecule has 3 amide bonds. The predicted octanol–water partition coefficient (Wildman–Crippen LogP) is 4.03. The van der Waals surface area contributed by atoms with Gasteiger partial charge in [-0.05, 0) is 88.1 Å². The van der Waals surface area contributed by atoms with Crippen molar-refractivity contribution < 1.29 is 136 Å². The standard InChI is InChI=1S/C61H80N10O30P4S4/c1-6-68-43-21-19-38(108-99-98-79)29-40(43)60(2,3)49(68)16-9-7-10-17-50-61(4,5)41-30-39(109(90,91)92)20-22-44(41)69(50)25-12-8-11-18-52(74)64-42(56(75)63-24-13-15-37-33-71(58(77)67-55(37)62)54-32-46(73)47(97-54)34-94-102(80,81)82)36-107-106-28-14-27-93-59(78)66-51-23-26-70(57(76)65-51)53-31-45(72)48(96-53)35-95-104(86,87)101-105(88,89)100-103(83,84)85/h7,9-10,16-17,19-23,26,29-30,33,42,45-48,53-54,72-73H,6,8,11-12,14,18,24-25,27-28,31-32,34-36H2,1-5H3,(H12-,62,63,64,65,66,67,74,75,76,77,78,79,80,81,82,83,84,85,86,87,88,89,90,91,92)/t42?,45-,46-,47-,48-,53-,54-/m1/s1. The summed E-state index contributed by atoms with van der Waals surface area (Å²) in [5, 5.41) is 42.8. The zero-order chi connectivity index (χ0) is 80.0. The van der Waals surface area contributed by atoms with Gasteiger partial charge in [0.05, 0.1) is 66.5 Å². The number of nitrogen functional groups attached to an aromatic ring is 1. The Morgan fingerprint density at radius 1 is 0.835 bits per heavy atom. The number of hydrogen-bond acceptors (Lipinski definition) is 30. The lowest BCUT2D eigenvalue weighted by Gasteiger charge is -2.25. The van der Waals surface area contributed by atoms with E-state index in [2.05, 4.69) is 88.1 Å². The summed E-state index contributed by atoms with van der Waals surface area (Å²) in [5.41, 5.74) is 8.22. The molecule has 2 aromatic carbocycles. The average molecular weight is 1690 g/mol. The predicted molar refractivity (Wildman–Crippen MR) is 389 cm³/mol. The van der Waals surface area contributed by atoms with Crippen molar-refractivity contribution in [2.45, 2.75) is 143 Å². The van der Waals surface area contributed by atoms with Gasteiger partial charge >= 0.3 is 48.8 Å². The molecule has 4 aliphatic heterocycles. The molecule has 14 N–H and O–H groups in total. The third-order valence-electron chi connectivity index (χ3n) is 17.0. The van der Waals surface area contributed by atoms with Crippen molar-refractivity contribution >= 4 is 122 Å². The Bertz CT molecular complexity index is 4660. The van der Waals surface area contributed by atoms with Gasteiger partial charge in [-0.1, -0.05) is 65.5 Å². The van der Waals surface area contributed by atoms with Gasteiger partial charge in [0.2, 0.25) is 17.5 Å². The minimum atomic E-state index is -5.83. The van der Waals surface area contributed by atoms with Crippen LogP contribution in [0.3, 0.4) is 0 Å². The molecule has 0 saturated carbocycles. The number of nitrogens with one attached hydrogen (secondary N) is 3. The first kappa shape index (κ1) is 88.2. The lowest BCUT2D eigenvalue weighted by Crippen LogP contribution is -2.48. The number of carbonyl (C=O) groups excluding carboxylic acids is 3. The van der Waals surface area contributed by atoms with E-state index < -0.39 is 138 Å². The highest BCUT2D eigenvalue weighted by Gasteiger charge is 2.47. The molecule has 109 heavy (non-hydrogen) atoms. The number of phosphoric acid groups is 4. The van der Waals surface area contributed by atoms with Gasteiger partial charge in [0.15, 0.2) is 5.71 Å². The molecule has 8 rings (SSSR count). The SMILES string of the molecule is CCN1/C(=C/C=C/C=C/C2=[N+](CCCCCC(=O)NC(CSSCCCOC(=O)Nc3ccn([C@H]4C[C@@H](O)[C@@H](COP(=O)(O)OP(=O)(O)OP(=O)(O)O)O4)c(=O)n3)C(=O)NCC#Cc3cn([C@H]4C[C@@H](O)[C@@H](COP(=O)(O)O)O4)c(=O)nc3N)c3ccc(S(=O)(=O)O)cc3C2(C)C)C(C)(C)c2cc(SOO[O-])ccc21. The molecule has 2 saturated heterocycles. The number of amides is 3. The number of nitrogens with two attached hydrogens (primary N) is 1. The second kappa shape index (κ2) is 38.0. The van der Waals surface area contributed by atoms with Crippen molar-refractivity contribution in [3.8, 4) is 11.8 Å². The van der Waals surface area contributed by atoms with E-state index in [0.717, 1.165) is 55.7 Å². The zero-order valence-electron chi connectivity index (χ0n) is 58.5. The van der Waals surface area contributed by atoms with Gasteiger partial charge in [0.25, 0.3) is 10.1 Å². The number of benzene rings is 2. The molecular formula is C61H80N10O30P4S4. The Morgan fingerprint density at radius 2 is 1.52 bits per heavy atom. The van der Waals surface area contributed by atoms with Gasteiger partial charge in [-0.3, -0.25) is 42.7 Å². The van der Waals surface area contributed by atoms with E-state index in [4.69, 9.17) is 39.5 Å².